The van der Waals surface area contributed by atoms with E-state index in [0.717, 1.165) is 18.4 Å². The zero-order valence-electron chi connectivity index (χ0n) is 13.1. The molecule has 2 bridgehead atoms. The zero-order valence-corrected chi connectivity index (χ0v) is 13.1. The Bertz CT molecular complexity index is 914. The highest BCUT2D eigenvalue weighted by Gasteiger charge is 2.40. The quantitative estimate of drug-likeness (QED) is 0.727. The molecule has 0 fully saturated rings. The molecule has 4 nitrogen and oxygen atoms in total. The number of nitrogens with one attached hydrogen (secondary N) is 1. The molecule has 3 aromatic rings. The number of pyridine rings is 1. The summed E-state index contributed by atoms with van der Waals surface area (Å²) in [6.07, 6.45) is 5.73. The summed E-state index contributed by atoms with van der Waals surface area (Å²) in [5.41, 5.74) is 7.57. The van der Waals surface area contributed by atoms with Gasteiger partial charge in [-0.15, -0.1) is 0 Å². The molecule has 2 atom stereocenters. The first-order chi connectivity index (χ1) is 11.3. The summed E-state index contributed by atoms with van der Waals surface area (Å²) >= 11 is 0. The first kappa shape index (κ1) is 13.3. The Morgan fingerprint density at radius 1 is 1.17 bits per heavy atom. The van der Waals surface area contributed by atoms with Gasteiger partial charge >= 0.3 is 0 Å². The van der Waals surface area contributed by atoms with Gasteiger partial charge in [0.15, 0.2) is 0 Å². The molecular weight excluding hydrogens is 286 g/mol. The Kier molecular flexibility index (Phi) is 2.69. The number of hydrogen-bond acceptors (Lipinski definition) is 3. The number of benzene rings is 1. The lowest BCUT2D eigenvalue weighted by atomic mass is 9.78. The third-order valence-corrected chi connectivity index (χ3v) is 5.67. The van der Waals surface area contributed by atoms with Gasteiger partial charge in [0.2, 0.25) is 0 Å². The topological polar surface area (TPSA) is 52.2 Å². The molecule has 5 rings (SSSR count). The fourth-order valence-corrected chi connectivity index (χ4v) is 4.47. The van der Waals surface area contributed by atoms with Crippen molar-refractivity contribution in [1.82, 2.24) is 14.9 Å². The van der Waals surface area contributed by atoms with Crippen LogP contribution in [-0.2, 0) is 19.4 Å². The predicted molar refractivity (Wildman–Crippen MR) is 89.1 cm³/mol. The van der Waals surface area contributed by atoms with Crippen LogP contribution in [0.15, 0.2) is 36.7 Å². The summed E-state index contributed by atoms with van der Waals surface area (Å²) in [6.45, 7) is 0.0683. The van der Waals surface area contributed by atoms with E-state index in [1.54, 1.807) is 0 Å². The van der Waals surface area contributed by atoms with Crippen LogP contribution in [0.3, 0.4) is 0 Å². The number of hydrogen-bond donors (Lipinski definition) is 2. The molecule has 0 spiro atoms. The van der Waals surface area contributed by atoms with Crippen molar-refractivity contribution in [1.29, 1.82) is 0 Å². The number of rotatable bonds is 1. The molecule has 0 saturated carbocycles. The minimum Gasteiger partial charge on any atom is -0.392 e. The van der Waals surface area contributed by atoms with Crippen LogP contribution in [0.25, 0.3) is 10.9 Å². The molecule has 1 aromatic carbocycles. The van der Waals surface area contributed by atoms with Gasteiger partial charge in [-0.25, -0.2) is 0 Å². The molecule has 116 valence electrons. The second-order valence-electron chi connectivity index (χ2n) is 6.69. The van der Waals surface area contributed by atoms with E-state index in [9.17, 15) is 5.11 Å². The van der Waals surface area contributed by atoms with Gasteiger partial charge in [0.25, 0.3) is 0 Å². The van der Waals surface area contributed by atoms with Crippen molar-refractivity contribution in [2.45, 2.75) is 31.5 Å². The average molecular weight is 305 g/mol. The molecule has 0 aliphatic carbocycles. The largest absolute Gasteiger partial charge is 0.392 e. The van der Waals surface area contributed by atoms with Crippen LogP contribution in [-0.4, -0.2) is 27.0 Å². The summed E-state index contributed by atoms with van der Waals surface area (Å²) in [5, 5.41) is 11.0. The van der Waals surface area contributed by atoms with E-state index >= 15 is 0 Å². The molecule has 2 aliphatic rings. The van der Waals surface area contributed by atoms with Crippen LogP contribution in [0.2, 0.25) is 0 Å². The number of aromatic amines is 1. The molecule has 0 unspecified atom stereocenters. The second-order valence-corrected chi connectivity index (χ2v) is 6.69. The third-order valence-electron chi connectivity index (χ3n) is 5.67. The Labute approximate surface area is 134 Å². The van der Waals surface area contributed by atoms with Crippen LogP contribution in [0, 0.1) is 0 Å². The maximum atomic E-state index is 9.67. The van der Waals surface area contributed by atoms with Gasteiger partial charge in [-0.1, -0.05) is 18.2 Å². The highest BCUT2D eigenvalue weighted by molar-refractivity contribution is 5.85. The number of aliphatic hydroxyl groups is 1. The van der Waals surface area contributed by atoms with Crippen molar-refractivity contribution in [3.63, 3.8) is 0 Å². The van der Waals surface area contributed by atoms with Crippen molar-refractivity contribution in [2.75, 3.05) is 7.05 Å². The lowest BCUT2D eigenvalue weighted by Gasteiger charge is -2.45. The van der Waals surface area contributed by atoms with E-state index in [2.05, 4.69) is 46.2 Å². The molecule has 0 saturated heterocycles. The smallest absolute Gasteiger partial charge is 0.0699 e. The van der Waals surface area contributed by atoms with E-state index in [4.69, 9.17) is 0 Å². The maximum absolute atomic E-state index is 9.67. The Hall–Kier alpha value is -2.17. The molecule has 2 N–H and O–H groups in total. The van der Waals surface area contributed by atoms with E-state index in [1.165, 1.54) is 33.3 Å². The number of para-hydroxylation sites is 1. The minimum absolute atomic E-state index is 0.0683. The molecule has 2 aliphatic heterocycles. The monoisotopic (exact) mass is 305 g/mol. The fourth-order valence-electron chi connectivity index (χ4n) is 4.47. The van der Waals surface area contributed by atoms with Crippen molar-refractivity contribution in [2.24, 2.45) is 0 Å². The van der Waals surface area contributed by atoms with Gasteiger partial charge in [-0.05, 0) is 48.2 Å². The number of aromatic nitrogens is 2. The van der Waals surface area contributed by atoms with Gasteiger partial charge in [0, 0.05) is 35.0 Å². The molecular formula is C19H19N3O. The first-order valence-electron chi connectivity index (χ1n) is 8.16. The van der Waals surface area contributed by atoms with Crippen LogP contribution in [0.5, 0.6) is 0 Å². The SMILES string of the molecule is CN1[C@H]2Cc3c([nH]c4ccccc34)[C@@H]1Cc1c(CO)cncc12. The first-order valence-corrected chi connectivity index (χ1v) is 8.16. The summed E-state index contributed by atoms with van der Waals surface area (Å²) < 4.78 is 0. The number of likely N-dealkylation sites (N-methyl/N-ethyl adjacent to an activating group) is 1. The third kappa shape index (κ3) is 1.70. The normalized spacial score (nSPS) is 22.9. The molecule has 0 amide bonds. The summed E-state index contributed by atoms with van der Waals surface area (Å²) in [4.78, 5) is 10.5. The fraction of sp³-hybridized carbons (Fsp3) is 0.316. The second kappa shape index (κ2) is 4.66. The van der Waals surface area contributed by atoms with Gasteiger partial charge in [0.1, 0.15) is 0 Å². The van der Waals surface area contributed by atoms with Crippen LogP contribution in [0.4, 0.5) is 0 Å². The van der Waals surface area contributed by atoms with Gasteiger partial charge in [-0.3, -0.25) is 9.88 Å². The zero-order chi connectivity index (χ0) is 15.6. The summed E-state index contributed by atoms with van der Waals surface area (Å²) in [7, 11) is 2.21. The summed E-state index contributed by atoms with van der Waals surface area (Å²) in [6, 6.07) is 9.26. The average Bonchev–Trinajstić information content (AvgIpc) is 2.94. The Morgan fingerprint density at radius 3 is 2.87 bits per heavy atom. The van der Waals surface area contributed by atoms with Crippen LogP contribution < -0.4 is 0 Å². The van der Waals surface area contributed by atoms with Crippen molar-refractivity contribution in [3.8, 4) is 0 Å². The van der Waals surface area contributed by atoms with E-state index in [1.807, 2.05) is 12.4 Å². The molecule has 0 radical (unpaired) electrons. The molecule has 4 heteroatoms. The summed E-state index contributed by atoms with van der Waals surface area (Å²) in [5.74, 6) is 0. The minimum atomic E-state index is 0.0683. The Balaban J connectivity index is 1.74. The number of nitrogens with zero attached hydrogens (tertiary/aromatic N) is 2. The van der Waals surface area contributed by atoms with Gasteiger partial charge in [0.05, 0.1) is 12.6 Å². The van der Waals surface area contributed by atoms with Gasteiger partial charge < -0.3 is 10.1 Å². The standard InChI is InChI=1S/C19H19N3O/c1-22-17-7-14-12-4-2-3-5-16(12)21-19(14)18(22)6-13-11(10-23)8-20-9-15(13)17/h2-5,8-9,17-18,21,23H,6-7,10H2,1H3/t17-,18-/m0/s1. The van der Waals surface area contributed by atoms with E-state index < -0.39 is 0 Å². The molecule has 2 aromatic heterocycles. The predicted octanol–water partition coefficient (Wildman–Crippen LogP) is 2.88. The van der Waals surface area contributed by atoms with E-state index in [-0.39, 0.29) is 6.61 Å². The highest BCUT2D eigenvalue weighted by Crippen LogP contribution is 2.48. The molecule has 4 heterocycles. The lowest BCUT2D eigenvalue weighted by molar-refractivity contribution is 0.134. The van der Waals surface area contributed by atoms with Crippen molar-refractivity contribution >= 4 is 10.9 Å². The number of aliphatic hydroxyl groups excluding tert-OH is 1. The number of H-pyrrole nitrogens is 1. The van der Waals surface area contributed by atoms with Crippen molar-refractivity contribution in [3.05, 3.63) is 64.6 Å². The molecule has 23 heavy (non-hydrogen) atoms. The van der Waals surface area contributed by atoms with E-state index in [0.29, 0.717) is 12.1 Å². The van der Waals surface area contributed by atoms with Gasteiger partial charge in [-0.2, -0.15) is 0 Å². The number of fused-ring (bicyclic) bond motifs is 8. The van der Waals surface area contributed by atoms with Crippen LogP contribution >= 0.6 is 0 Å². The lowest BCUT2D eigenvalue weighted by Crippen LogP contribution is -2.41. The van der Waals surface area contributed by atoms with Crippen LogP contribution in [0.1, 0.15) is 40.0 Å². The highest BCUT2D eigenvalue weighted by atomic mass is 16.3. The van der Waals surface area contributed by atoms with Crippen molar-refractivity contribution < 1.29 is 5.11 Å². The Morgan fingerprint density at radius 2 is 2.00 bits per heavy atom. The maximum Gasteiger partial charge on any atom is 0.0699 e.